The van der Waals surface area contributed by atoms with Crippen LogP contribution in [0.4, 0.5) is 5.69 Å². The Balaban J connectivity index is 1.61. The first-order valence-corrected chi connectivity index (χ1v) is 12.0. The molecule has 10 heteroatoms. The minimum absolute atomic E-state index is 0.110. The van der Waals surface area contributed by atoms with Crippen LogP contribution in [0.1, 0.15) is 29.6 Å². The molecule has 1 aliphatic rings. The van der Waals surface area contributed by atoms with Crippen LogP contribution in [-0.2, 0) is 10.0 Å². The maximum absolute atomic E-state index is 12.7. The zero-order chi connectivity index (χ0) is 21.7. The van der Waals surface area contributed by atoms with Crippen molar-refractivity contribution < 1.29 is 17.9 Å². The van der Waals surface area contributed by atoms with Crippen molar-refractivity contribution in [3.63, 3.8) is 0 Å². The lowest BCUT2D eigenvalue weighted by molar-refractivity contribution is 0.0977. The number of anilines is 1. The zero-order valence-electron chi connectivity index (χ0n) is 16.4. The third-order valence-electron chi connectivity index (χ3n) is 4.71. The number of nitrogens with one attached hydrogen (secondary N) is 2. The van der Waals surface area contributed by atoms with Gasteiger partial charge >= 0.3 is 0 Å². The maximum atomic E-state index is 12.7. The Morgan fingerprint density at radius 3 is 2.37 bits per heavy atom. The van der Waals surface area contributed by atoms with Crippen LogP contribution in [0.5, 0.6) is 5.75 Å². The van der Waals surface area contributed by atoms with Crippen molar-refractivity contribution in [1.82, 2.24) is 9.62 Å². The number of carbonyl (C=O) groups excluding carboxylic acids is 1. The summed E-state index contributed by atoms with van der Waals surface area (Å²) in [7, 11) is -1.94. The Hall–Kier alpha value is -2.01. The number of piperidine rings is 1. The van der Waals surface area contributed by atoms with E-state index in [4.69, 9.17) is 17.0 Å². The van der Waals surface area contributed by atoms with Gasteiger partial charge in [-0.2, -0.15) is 4.31 Å². The highest BCUT2D eigenvalue weighted by Crippen LogP contribution is 2.25. The van der Waals surface area contributed by atoms with Gasteiger partial charge in [-0.1, -0.05) is 6.42 Å². The molecule has 0 spiro atoms. The van der Waals surface area contributed by atoms with E-state index in [-0.39, 0.29) is 15.9 Å². The molecule has 0 saturated carbocycles. The van der Waals surface area contributed by atoms with Gasteiger partial charge in [0.05, 0.1) is 16.5 Å². The second-order valence-corrected chi connectivity index (χ2v) is 9.95. The molecule has 0 atom stereocenters. The molecule has 3 rings (SSSR count). The number of thiocarbonyl (C=S) groups is 1. The molecule has 1 amide bonds. The van der Waals surface area contributed by atoms with Crippen molar-refractivity contribution >= 4 is 54.9 Å². The molecule has 1 saturated heterocycles. The quantitative estimate of drug-likeness (QED) is 0.594. The lowest BCUT2D eigenvalue weighted by Crippen LogP contribution is -2.35. The summed E-state index contributed by atoms with van der Waals surface area (Å²) in [6.07, 6.45) is 2.83. The van der Waals surface area contributed by atoms with E-state index in [1.807, 2.05) is 0 Å². The number of hydrogen-bond acceptors (Lipinski definition) is 5. The molecule has 0 radical (unpaired) electrons. The monoisotopic (exact) mass is 511 g/mol. The Labute approximate surface area is 190 Å². The highest BCUT2D eigenvalue weighted by atomic mass is 79.9. The van der Waals surface area contributed by atoms with E-state index >= 15 is 0 Å². The van der Waals surface area contributed by atoms with Gasteiger partial charge in [0.15, 0.2) is 5.11 Å². The van der Waals surface area contributed by atoms with Crippen LogP contribution in [0.15, 0.2) is 51.8 Å². The van der Waals surface area contributed by atoms with E-state index in [1.54, 1.807) is 37.4 Å². The van der Waals surface area contributed by atoms with E-state index in [2.05, 4.69) is 26.6 Å². The van der Waals surface area contributed by atoms with Gasteiger partial charge in [0.25, 0.3) is 5.91 Å². The first-order chi connectivity index (χ1) is 14.3. The fourth-order valence-corrected chi connectivity index (χ4v) is 5.38. The molecule has 1 aliphatic heterocycles. The third-order valence-corrected chi connectivity index (χ3v) is 7.44. The Bertz CT molecular complexity index is 1040. The number of nitrogens with zero attached hydrogens (tertiary/aromatic N) is 1. The normalized spacial score (nSPS) is 14.7. The lowest BCUT2D eigenvalue weighted by Gasteiger charge is -2.25. The van der Waals surface area contributed by atoms with Gasteiger partial charge in [0.2, 0.25) is 10.0 Å². The van der Waals surface area contributed by atoms with Gasteiger partial charge in [0, 0.05) is 24.3 Å². The van der Waals surface area contributed by atoms with E-state index < -0.39 is 10.0 Å². The standard InChI is InChI=1S/C20H22BrN3O4S2/c1-28-18-10-5-14(13-17(18)21)19(25)23-20(29)22-15-6-8-16(9-7-15)30(26,27)24-11-3-2-4-12-24/h5-10,13H,2-4,11-12H2,1H3,(H2,22,23,25,29). The van der Waals surface area contributed by atoms with Crippen LogP contribution in [-0.4, -0.2) is 43.9 Å². The topological polar surface area (TPSA) is 87.7 Å². The average Bonchev–Trinajstić information content (AvgIpc) is 2.74. The minimum Gasteiger partial charge on any atom is -0.496 e. The number of ether oxygens (including phenoxy) is 1. The first kappa shape index (κ1) is 22.7. The van der Waals surface area contributed by atoms with E-state index in [0.29, 0.717) is 34.6 Å². The second kappa shape index (κ2) is 9.86. The zero-order valence-corrected chi connectivity index (χ0v) is 19.6. The number of carbonyl (C=O) groups is 1. The molecule has 0 aliphatic carbocycles. The van der Waals surface area contributed by atoms with Gasteiger partial charge in [-0.05, 0) is 83.5 Å². The highest BCUT2D eigenvalue weighted by Gasteiger charge is 2.25. The van der Waals surface area contributed by atoms with Gasteiger partial charge in [-0.3, -0.25) is 10.1 Å². The largest absolute Gasteiger partial charge is 0.496 e. The molecular formula is C20H22BrN3O4S2. The van der Waals surface area contributed by atoms with Crippen LogP contribution < -0.4 is 15.4 Å². The fraction of sp³-hybridized carbons (Fsp3) is 0.300. The molecule has 160 valence electrons. The van der Waals surface area contributed by atoms with Crippen molar-refractivity contribution in [3.8, 4) is 5.75 Å². The van der Waals surface area contributed by atoms with Crippen molar-refractivity contribution in [2.45, 2.75) is 24.2 Å². The summed E-state index contributed by atoms with van der Waals surface area (Å²) < 4.78 is 32.7. The summed E-state index contributed by atoms with van der Waals surface area (Å²) in [5, 5.41) is 5.60. The Morgan fingerprint density at radius 2 is 1.77 bits per heavy atom. The van der Waals surface area contributed by atoms with Crippen LogP contribution in [0.2, 0.25) is 0 Å². The van der Waals surface area contributed by atoms with Crippen LogP contribution in [0.3, 0.4) is 0 Å². The minimum atomic E-state index is -3.48. The van der Waals surface area contributed by atoms with Gasteiger partial charge in [0.1, 0.15) is 5.75 Å². The summed E-state index contributed by atoms with van der Waals surface area (Å²) in [4.78, 5) is 12.6. The molecule has 1 fully saturated rings. The molecule has 1 heterocycles. The smallest absolute Gasteiger partial charge is 0.257 e. The molecule has 2 N–H and O–H groups in total. The van der Waals surface area contributed by atoms with Crippen molar-refractivity contribution in [2.75, 3.05) is 25.5 Å². The molecule has 2 aromatic rings. The van der Waals surface area contributed by atoms with Gasteiger partial charge in [-0.15, -0.1) is 0 Å². The van der Waals surface area contributed by atoms with E-state index in [9.17, 15) is 13.2 Å². The number of amides is 1. The average molecular weight is 512 g/mol. The Kier molecular flexibility index (Phi) is 7.45. The van der Waals surface area contributed by atoms with Crippen LogP contribution >= 0.6 is 28.1 Å². The summed E-state index contributed by atoms with van der Waals surface area (Å²) in [6, 6.07) is 11.3. The summed E-state index contributed by atoms with van der Waals surface area (Å²) in [5.41, 5.74) is 0.989. The molecule has 0 aromatic heterocycles. The number of hydrogen-bond donors (Lipinski definition) is 2. The number of rotatable bonds is 5. The van der Waals surface area contributed by atoms with Crippen molar-refractivity contribution in [2.24, 2.45) is 0 Å². The van der Waals surface area contributed by atoms with Crippen molar-refractivity contribution in [3.05, 3.63) is 52.5 Å². The van der Waals surface area contributed by atoms with E-state index in [0.717, 1.165) is 19.3 Å². The van der Waals surface area contributed by atoms with E-state index in [1.165, 1.54) is 16.4 Å². The van der Waals surface area contributed by atoms with Crippen LogP contribution in [0.25, 0.3) is 0 Å². The number of benzene rings is 2. The third kappa shape index (κ3) is 5.37. The summed E-state index contributed by atoms with van der Waals surface area (Å²) in [6.45, 7) is 1.11. The number of methoxy groups -OCH3 is 1. The molecule has 30 heavy (non-hydrogen) atoms. The molecule has 7 nitrogen and oxygen atoms in total. The van der Waals surface area contributed by atoms with Crippen LogP contribution in [0, 0.1) is 0 Å². The fourth-order valence-electron chi connectivity index (χ4n) is 3.11. The highest BCUT2D eigenvalue weighted by molar-refractivity contribution is 9.10. The molecule has 0 unspecified atom stereocenters. The van der Waals surface area contributed by atoms with Gasteiger partial charge < -0.3 is 10.1 Å². The predicted octanol–water partition coefficient (Wildman–Crippen LogP) is 3.76. The molecular weight excluding hydrogens is 490 g/mol. The first-order valence-electron chi connectivity index (χ1n) is 9.37. The summed E-state index contributed by atoms with van der Waals surface area (Å²) in [5.74, 6) is 0.243. The number of sulfonamides is 1. The maximum Gasteiger partial charge on any atom is 0.257 e. The SMILES string of the molecule is COc1ccc(C(=O)NC(=S)Nc2ccc(S(=O)(=O)N3CCCCC3)cc2)cc1Br. The molecule has 2 aromatic carbocycles. The number of halogens is 1. The molecule has 0 bridgehead atoms. The Morgan fingerprint density at radius 1 is 1.10 bits per heavy atom. The summed E-state index contributed by atoms with van der Waals surface area (Å²) >= 11 is 8.54. The van der Waals surface area contributed by atoms with Gasteiger partial charge in [-0.25, -0.2) is 8.42 Å². The lowest BCUT2D eigenvalue weighted by atomic mass is 10.2. The predicted molar refractivity (Wildman–Crippen MR) is 123 cm³/mol. The van der Waals surface area contributed by atoms with Crippen molar-refractivity contribution in [1.29, 1.82) is 0 Å². The second-order valence-electron chi connectivity index (χ2n) is 6.75.